The summed E-state index contributed by atoms with van der Waals surface area (Å²) in [6.07, 6.45) is 0. The fourth-order valence-corrected chi connectivity index (χ4v) is 5.04. The van der Waals surface area contributed by atoms with E-state index in [1.54, 1.807) is 19.2 Å². The molecule has 3 aromatic rings. The van der Waals surface area contributed by atoms with Gasteiger partial charge in [0.05, 0.1) is 20.8 Å². The van der Waals surface area contributed by atoms with Crippen LogP contribution in [-0.2, 0) is 17.1 Å². The Hall–Kier alpha value is -2.12. The molecule has 0 fully saturated rings. The van der Waals surface area contributed by atoms with Gasteiger partial charge in [-0.1, -0.05) is 29.0 Å². The molecule has 0 aliphatic heterocycles. The molecule has 0 saturated carbocycles. The molecule has 0 aliphatic rings. The first-order valence-electron chi connectivity index (χ1n) is 7.39. The lowest BCUT2D eigenvalue weighted by molar-refractivity contribution is 0.601. The van der Waals surface area contributed by atoms with Gasteiger partial charge >= 0.3 is 4.87 Å². The summed E-state index contributed by atoms with van der Waals surface area (Å²) in [6, 6.07) is 8.61. The first-order valence-corrected chi connectivity index (χ1v) is 9.69. The summed E-state index contributed by atoms with van der Waals surface area (Å²) in [5, 5.41) is 0. The van der Waals surface area contributed by atoms with Crippen LogP contribution >= 0.6 is 11.3 Å². The lowest BCUT2D eigenvalue weighted by atomic mass is 10.1. The van der Waals surface area contributed by atoms with E-state index in [1.807, 2.05) is 32.9 Å². The van der Waals surface area contributed by atoms with Crippen molar-refractivity contribution >= 4 is 37.3 Å². The van der Waals surface area contributed by atoms with Crippen molar-refractivity contribution in [1.82, 2.24) is 4.57 Å². The van der Waals surface area contributed by atoms with Gasteiger partial charge in [0.25, 0.3) is 10.0 Å². The maximum Gasteiger partial charge on any atom is 0.307 e. The molecule has 126 valence electrons. The molecule has 5 nitrogen and oxygen atoms in total. The molecule has 0 unspecified atom stereocenters. The number of sulfonamides is 1. The molecule has 0 bridgehead atoms. The number of anilines is 1. The van der Waals surface area contributed by atoms with Gasteiger partial charge in [0.1, 0.15) is 0 Å². The minimum atomic E-state index is -3.72. The normalized spacial score (nSPS) is 11.8. The summed E-state index contributed by atoms with van der Waals surface area (Å²) >= 11 is 1.04. The first kappa shape index (κ1) is 16.7. The summed E-state index contributed by atoms with van der Waals surface area (Å²) in [5.41, 5.74) is 4.17. The summed E-state index contributed by atoms with van der Waals surface area (Å²) in [5.74, 6) is 0. The third kappa shape index (κ3) is 2.85. The van der Waals surface area contributed by atoms with Crippen LogP contribution in [0.5, 0.6) is 0 Å². The SMILES string of the molecule is Cc1cc(C)c(NS(=O)(=O)c2ccc3c(c2)sc(=O)n3C)c(C)c1. The Kier molecular flexibility index (Phi) is 4.01. The standard InChI is InChI=1S/C17H18N2O3S2/c1-10-7-11(2)16(12(3)8-10)18-24(21,22)13-5-6-14-15(9-13)23-17(20)19(14)4/h5-9,18H,1-4H3. The smallest absolute Gasteiger partial charge is 0.302 e. The van der Waals surface area contributed by atoms with E-state index in [1.165, 1.54) is 10.6 Å². The predicted octanol–water partition coefficient (Wildman–Crippen LogP) is 3.33. The highest BCUT2D eigenvalue weighted by Gasteiger charge is 2.18. The predicted molar refractivity (Wildman–Crippen MR) is 98.5 cm³/mol. The number of hydrogen-bond donors (Lipinski definition) is 1. The fourth-order valence-electron chi connectivity index (χ4n) is 2.82. The number of nitrogens with one attached hydrogen (secondary N) is 1. The summed E-state index contributed by atoms with van der Waals surface area (Å²) in [6.45, 7) is 5.73. The van der Waals surface area contributed by atoms with Crippen molar-refractivity contribution in [2.24, 2.45) is 7.05 Å². The zero-order chi connectivity index (χ0) is 17.6. The van der Waals surface area contributed by atoms with Crippen molar-refractivity contribution in [3.05, 3.63) is 56.7 Å². The van der Waals surface area contributed by atoms with Crippen molar-refractivity contribution in [3.8, 4) is 0 Å². The second-order valence-electron chi connectivity index (χ2n) is 5.94. The number of aromatic nitrogens is 1. The molecule has 0 saturated heterocycles. The molecule has 0 atom stereocenters. The maximum absolute atomic E-state index is 12.7. The number of thiazole rings is 1. The molecule has 0 aliphatic carbocycles. The van der Waals surface area contributed by atoms with Crippen LogP contribution in [0.2, 0.25) is 0 Å². The van der Waals surface area contributed by atoms with E-state index in [4.69, 9.17) is 0 Å². The number of rotatable bonds is 3. The van der Waals surface area contributed by atoms with Crippen LogP contribution in [0.1, 0.15) is 16.7 Å². The quantitative estimate of drug-likeness (QED) is 0.777. The van der Waals surface area contributed by atoms with Crippen LogP contribution in [-0.4, -0.2) is 13.0 Å². The van der Waals surface area contributed by atoms with E-state index >= 15 is 0 Å². The van der Waals surface area contributed by atoms with Crippen molar-refractivity contribution < 1.29 is 8.42 Å². The highest BCUT2D eigenvalue weighted by atomic mass is 32.2. The summed E-state index contributed by atoms with van der Waals surface area (Å²) in [7, 11) is -2.05. The maximum atomic E-state index is 12.7. The molecule has 24 heavy (non-hydrogen) atoms. The summed E-state index contributed by atoms with van der Waals surface area (Å²) < 4.78 is 30.3. The lowest BCUT2D eigenvalue weighted by Gasteiger charge is -2.14. The third-order valence-corrected chi connectivity index (χ3v) is 6.33. The van der Waals surface area contributed by atoms with Gasteiger partial charge in [0.2, 0.25) is 0 Å². The van der Waals surface area contributed by atoms with Gasteiger partial charge in [-0.25, -0.2) is 8.42 Å². The molecule has 0 amide bonds. The minimum absolute atomic E-state index is 0.113. The average molecular weight is 362 g/mol. The Morgan fingerprint density at radius 1 is 1.04 bits per heavy atom. The van der Waals surface area contributed by atoms with Crippen molar-refractivity contribution in [2.75, 3.05) is 4.72 Å². The van der Waals surface area contributed by atoms with Gasteiger partial charge < -0.3 is 4.57 Å². The summed E-state index contributed by atoms with van der Waals surface area (Å²) in [4.78, 5) is 11.8. The van der Waals surface area contributed by atoms with Gasteiger partial charge in [-0.15, -0.1) is 0 Å². The fraction of sp³-hybridized carbons (Fsp3) is 0.235. The van der Waals surface area contributed by atoms with E-state index in [0.29, 0.717) is 10.4 Å². The van der Waals surface area contributed by atoms with Gasteiger partial charge in [-0.2, -0.15) is 0 Å². The third-order valence-electron chi connectivity index (χ3n) is 3.99. The van der Waals surface area contributed by atoms with Crippen LogP contribution < -0.4 is 9.60 Å². The molecular weight excluding hydrogens is 344 g/mol. The van der Waals surface area contributed by atoms with E-state index in [-0.39, 0.29) is 9.77 Å². The van der Waals surface area contributed by atoms with Gasteiger partial charge in [0.15, 0.2) is 0 Å². The molecule has 7 heteroatoms. The van der Waals surface area contributed by atoms with Crippen molar-refractivity contribution in [1.29, 1.82) is 0 Å². The van der Waals surface area contributed by atoms with E-state index in [9.17, 15) is 13.2 Å². The monoisotopic (exact) mass is 362 g/mol. The van der Waals surface area contributed by atoms with Crippen LogP contribution in [0.3, 0.4) is 0 Å². The van der Waals surface area contributed by atoms with E-state index in [0.717, 1.165) is 33.5 Å². The Morgan fingerprint density at radius 2 is 1.67 bits per heavy atom. The second-order valence-corrected chi connectivity index (χ2v) is 8.61. The van der Waals surface area contributed by atoms with Crippen LogP contribution in [0.25, 0.3) is 10.2 Å². The zero-order valence-electron chi connectivity index (χ0n) is 13.9. The molecule has 0 radical (unpaired) electrons. The Balaban J connectivity index is 2.07. The molecule has 1 heterocycles. The minimum Gasteiger partial charge on any atom is -0.302 e. The topological polar surface area (TPSA) is 68.2 Å². The van der Waals surface area contributed by atoms with E-state index in [2.05, 4.69) is 4.72 Å². The average Bonchev–Trinajstić information content (AvgIpc) is 2.77. The Morgan fingerprint density at radius 3 is 2.29 bits per heavy atom. The second kappa shape index (κ2) is 5.75. The van der Waals surface area contributed by atoms with Gasteiger partial charge in [-0.05, 0) is 50.1 Å². The van der Waals surface area contributed by atoms with Crippen LogP contribution in [0.4, 0.5) is 5.69 Å². The number of fused-ring (bicyclic) bond motifs is 1. The number of aryl methyl sites for hydroxylation is 4. The number of nitrogens with zero attached hydrogens (tertiary/aromatic N) is 1. The van der Waals surface area contributed by atoms with Crippen molar-refractivity contribution in [3.63, 3.8) is 0 Å². The highest BCUT2D eigenvalue weighted by molar-refractivity contribution is 7.92. The first-order chi connectivity index (χ1) is 11.2. The molecule has 2 aromatic carbocycles. The van der Waals surface area contributed by atoms with E-state index < -0.39 is 10.0 Å². The number of hydrogen-bond acceptors (Lipinski definition) is 4. The Bertz CT molecular complexity index is 1090. The lowest BCUT2D eigenvalue weighted by Crippen LogP contribution is -2.15. The largest absolute Gasteiger partial charge is 0.307 e. The van der Waals surface area contributed by atoms with Gasteiger partial charge in [-0.3, -0.25) is 9.52 Å². The highest BCUT2D eigenvalue weighted by Crippen LogP contribution is 2.27. The van der Waals surface area contributed by atoms with Crippen LogP contribution in [0, 0.1) is 20.8 Å². The van der Waals surface area contributed by atoms with Gasteiger partial charge in [0, 0.05) is 7.05 Å². The van der Waals surface area contributed by atoms with Crippen LogP contribution in [0.15, 0.2) is 40.0 Å². The Labute approximate surface area is 144 Å². The molecular formula is C17H18N2O3S2. The molecule has 1 aromatic heterocycles. The molecule has 1 N–H and O–H groups in total. The zero-order valence-corrected chi connectivity index (χ0v) is 15.5. The number of benzene rings is 2. The van der Waals surface area contributed by atoms with Crippen molar-refractivity contribution in [2.45, 2.75) is 25.7 Å². The molecule has 3 rings (SSSR count). The molecule has 0 spiro atoms.